The summed E-state index contributed by atoms with van der Waals surface area (Å²) in [5.74, 6) is 2.15. The molecule has 0 saturated heterocycles. The van der Waals surface area contributed by atoms with Crippen molar-refractivity contribution in [1.82, 2.24) is 30.8 Å². The van der Waals surface area contributed by atoms with Crippen molar-refractivity contribution in [2.45, 2.75) is 52.9 Å². The highest BCUT2D eigenvalue weighted by Crippen LogP contribution is 2.27. The molecule has 0 spiro atoms. The van der Waals surface area contributed by atoms with Crippen molar-refractivity contribution in [3.05, 3.63) is 130 Å². The minimum absolute atomic E-state index is 0. The van der Waals surface area contributed by atoms with Crippen molar-refractivity contribution >= 4 is 81.8 Å². The van der Waals surface area contributed by atoms with E-state index in [0.29, 0.717) is 51.1 Å². The lowest BCUT2D eigenvalue weighted by atomic mass is 10.1. The Balaban J connectivity index is 0.000000192. The average Bonchev–Trinajstić information content (AvgIpc) is 3.74. The Hall–Kier alpha value is -6.97. The number of nitrogens with one attached hydrogen (secondary N) is 5. The summed E-state index contributed by atoms with van der Waals surface area (Å²) in [5, 5.41) is 25.8. The molecular formula is C46H51ClN8O7. The van der Waals surface area contributed by atoms with Crippen molar-refractivity contribution < 1.29 is 33.1 Å². The molecule has 3 amide bonds. The predicted molar refractivity (Wildman–Crippen MR) is 242 cm³/mol. The van der Waals surface area contributed by atoms with Gasteiger partial charge in [0, 0.05) is 98.1 Å². The fraction of sp³-hybridized carbons (Fsp3) is 0.261. The van der Waals surface area contributed by atoms with Gasteiger partial charge in [-0.05, 0) is 74.0 Å². The van der Waals surface area contributed by atoms with Crippen LogP contribution in [0.4, 0.5) is 11.6 Å². The van der Waals surface area contributed by atoms with Gasteiger partial charge in [-0.3, -0.25) is 14.4 Å². The zero-order valence-electron chi connectivity index (χ0n) is 35.0. The third kappa shape index (κ3) is 12.3. The summed E-state index contributed by atoms with van der Waals surface area (Å²) in [6.45, 7) is 7.17. The number of para-hydroxylation sites is 2. The number of fused-ring (bicyclic) bond motifs is 4. The number of anilines is 2. The van der Waals surface area contributed by atoms with Crippen molar-refractivity contribution in [2.24, 2.45) is 0 Å². The van der Waals surface area contributed by atoms with Crippen LogP contribution in [-0.2, 0) is 45.4 Å². The van der Waals surface area contributed by atoms with Crippen LogP contribution in [0, 0.1) is 13.8 Å². The maximum absolute atomic E-state index is 12.6. The molecule has 6 heterocycles. The van der Waals surface area contributed by atoms with E-state index >= 15 is 0 Å². The van der Waals surface area contributed by atoms with Gasteiger partial charge in [0.25, 0.3) is 0 Å². The third-order valence-electron chi connectivity index (χ3n) is 10.0. The van der Waals surface area contributed by atoms with Crippen LogP contribution in [-0.4, -0.2) is 70.9 Å². The Morgan fingerprint density at radius 3 is 1.74 bits per heavy atom. The summed E-state index contributed by atoms with van der Waals surface area (Å²) < 4.78 is 11.6. The summed E-state index contributed by atoms with van der Waals surface area (Å²) in [6.07, 6.45) is 9.93. The first-order valence-corrected chi connectivity index (χ1v) is 19.9. The van der Waals surface area contributed by atoms with Crippen LogP contribution < -0.4 is 26.6 Å². The number of hydrogen-bond acceptors (Lipinski definition) is 11. The number of aromatic nitrogens is 2. The number of likely N-dealkylation sites (N-methyl/N-ethyl adjacent to an activating group) is 1. The van der Waals surface area contributed by atoms with Crippen LogP contribution in [0.25, 0.3) is 34.1 Å². The maximum Gasteiger partial charge on any atom is 0.328 e. The smallest absolute Gasteiger partial charge is 0.328 e. The number of carbonyl (C=O) groups excluding carboxylic acids is 3. The van der Waals surface area contributed by atoms with Crippen LogP contribution in [0.1, 0.15) is 57.7 Å². The lowest BCUT2D eigenvalue weighted by Crippen LogP contribution is -2.28. The number of carbonyl (C=O) groups is 4. The lowest BCUT2D eigenvalue weighted by molar-refractivity contribution is -0.131. The van der Waals surface area contributed by atoms with Gasteiger partial charge in [-0.15, -0.1) is 12.4 Å². The largest absolute Gasteiger partial charge is 0.478 e. The molecular weight excluding hydrogens is 812 g/mol. The number of aliphatic carboxylic acids is 1. The molecule has 0 fully saturated rings. The summed E-state index contributed by atoms with van der Waals surface area (Å²) >= 11 is 0. The molecule has 0 unspecified atom stereocenters. The monoisotopic (exact) mass is 862 g/mol. The van der Waals surface area contributed by atoms with Gasteiger partial charge in [-0.2, -0.15) is 0 Å². The van der Waals surface area contributed by atoms with E-state index in [-0.39, 0.29) is 30.1 Å². The second-order valence-electron chi connectivity index (χ2n) is 14.5. The molecule has 0 bridgehead atoms. The minimum Gasteiger partial charge on any atom is -0.478 e. The van der Waals surface area contributed by atoms with Gasteiger partial charge >= 0.3 is 5.97 Å². The summed E-state index contributed by atoms with van der Waals surface area (Å²) in [6, 6.07) is 19.7. The molecule has 4 aromatic heterocycles. The second-order valence-corrected chi connectivity index (χ2v) is 14.5. The van der Waals surface area contributed by atoms with E-state index in [1.807, 2.05) is 62.5 Å². The van der Waals surface area contributed by atoms with E-state index in [2.05, 4.69) is 49.5 Å². The van der Waals surface area contributed by atoms with Crippen LogP contribution >= 0.6 is 12.4 Å². The molecule has 6 N–H and O–H groups in total. The lowest BCUT2D eigenvalue weighted by Gasteiger charge is -2.16. The Morgan fingerprint density at radius 2 is 1.24 bits per heavy atom. The van der Waals surface area contributed by atoms with Crippen LogP contribution in [0.5, 0.6) is 0 Å². The van der Waals surface area contributed by atoms with E-state index in [4.69, 9.17) is 13.9 Å². The fourth-order valence-electron chi connectivity index (χ4n) is 6.67. The number of halogens is 1. The molecule has 0 radical (unpaired) electrons. The Labute approximate surface area is 365 Å². The Kier molecular flexibility index (Phi) is 16.4. The number of rotatable bonds is 8. The molecule has 324 valence electrons. The fourth-order valence-corrected chi connectivity index (χ4v) is 6.67. The standard InChI is InChI=1S/C23H24N4O3.C12H13N3O3.C11H13NO.ClH/c1-15-18-5-3-4-6-19(18)30-20(15)14-27(2)22(29)8-7-16-11-17-13-25-21(28)9-10-24-23(17)26-12-16;16-10-3-4-13-12-9(7-14-10)5-8(6-15-12)1-2-11(17)18;1-8-9-5-3-4-6-10(9)13-11(8)7-12-2;/h3-8,11-12H,9-10,13-14H2,1-2H3,(H,24,26)(H,25,28);1-2,5-6H,3-4,7H2,(H,13,15)(H,14,16)(H,17,18);3-6,12H,7H2,1-2H3;1H/b8-7+;2-1+;;. The number of aryl methyl sites for hydroxylation is 2. The summed E-state index contributed by atoms with van der Waals surface area (Å²) in [7, 11) is 3.67. The van der Waals surface area contributed by atoms with Gasteiger partial charge in [0.1, 0.15) is 34.3 Å². The normalized spacial score (nSPS) is 13.5. The van der Waals surface area contributed by atoms with Gasteiger partial charge in [0.15, 0.2) is 0 Å². The molecule has 2 aliphatic rings. The van der Waals surface area contributed by atoms with Crippen LogP contribution in [0.2, 0.25) is 0 Å². The van der Waals surface area contributed by atoms with Gasteiger partial charge in [-0.1, -0.05) is 36.4 Å². The third-order valence-corrected chi connectivity index (χ3v) is 10.0. The van der Waals surface area contributed by atoms with Crippen molar-refractivity contribution in [3.8, 4) is 0 Å². The van der Waals surface area contributed by atoms with Crippen LogP contribution in [0.15, 0.2) is 94.0 Å². The highest BCUT2D eigenvalue weighted by molar-refractivity contribution is 5.92. The highest BCUT2D eigenvalue weighted by Gasteiger charge is 2.16. The number of furan rings is 2. The predicted octanol–water partition coefficient (Wildman–Crippen LogP) is 6.73. The first-order valence-electron chi connectivity index (χ1n) is 19.9. The number of carboxylic acid groups (broad SMARTS) is 1. The molecule has 62 heavy (non-hydrogen) atoms. The second kappa shape index (κ2) is 22.0. The topological polar surface area (TPSA) is 204 Å². The zero-order chi connectivity index (χ0) is 43.3. The number of amides is 3. The number of hydrogen-bond donors (Lipinski definition) is 6. The molecule has 15 nitrogen and oxygen atoms in total. The van der Waals surface area contributed by atoms with E-state index in [1.165, 1.54) is 23.1 Å². The minimum atomic E-state index is -1.01. The van der Waals surface area contributed by atoms with Gasteiger partial charge in [0.05, 0.1) is 13.1 Å². The number of pyridine rings is 2. The van der Waals surface area contributed by atoms with Crippen LogP contribution in [0.3, 0.4) is 0 Å². The van der Waals surface area contributed by atoms with Crippen molar-refractivity contribution in [2.75, 3.05) is 37.8 Å². The van der Waals surface area contributed by atoms with E-state index in [0.717, 1.165) is 74.6 Å². The van der Waals surface area contributed by atoms with E-state index in [1.54, 1.807) is 36.5 Å². The number of nitrogens with zero attached hydrogens (tertiary/aromatic N) is 3. The first kappa shape index (κ1) is 46.1. The van der Waals surface area contributed by atoms with Gasteiger partial charge in [0.2, 0.25) is 17.7 Å². The molecule has 16 heteroatoms. The molecule has 0 atom stereocenters. The van der Waals surface area contributed by atoms with Gasteiger partial charge < -0.3 is 45.4 Å². The SMILES string of the molecule is CNCc1oc2ccccc2c1C.Cc1c(CN(C)C(=O)/C=C/c2cnc3c(c2)CNC(=O)CCN3)oc2ccccc12.Cl.O=C(O)/C=C/c1cnc2c(c1)CNC(=O)CCN2. The quantitative estimate of drug-likeness (QED) is 0.0882. The molecule has 8 rings (SSSR count). The maximum atomic E-state index is 12.6. The van der Waals surface area contributed by atoms with Gasteiger partial charge in [-0.25, -0.2) is 14.8 Å². The molecule has 2 aromatic carbocycles. The molecule has 0 aliphatic carbocycles. The number of benzene rings is 2. The first-order chi connectivity index (χ1) is 29.5. The average molecular weight is 863 g/mol. The Morgan fingerprint density at radius 1 is 0.758 bits per heavy atom. The number of carboxylic acids is 1. The van der Waals surface area contributed by atoms with Crippen molar-refractivity contribution in [3.63, 3.8) is 0 Å². The molecule has 6 aromatic rings. The molecule has 0 saturated carbocycles. The Bertz CT molecular complexity index is 2600. The van der Waals surface area contributed by atoms with E-state index in [9.17, 15) is 19.2 Å². The van der Waals surface area contributed by atoms with Crippen molar-refractivity contribution in [1.29, 1.82) is 0 Å². The van der Waals surface area contributed by atoms with E-state index < -0.39 is 5.97 Å². The zero-order valence-corrected chi connectivity index (χ0v) is 35.9. The highest BCUT2D eigenvalue weighted by atomic mass is 35.5. The summed E-state index contributed by atoms with van der Waals surface area (Å²) in [5.41, 5.74) is 7.32. The molecule has 2 aliphatic heterocycles. The summed E-state index contributed by atoms with van der Waals surface area (Å²) in [4.78, 5) is 56.2.